The van der Waals surface area contributed by atoms with Crippen molar-refractivity contribution in [1.82, 2.24) is 14.5 Å². The van der Waals surface area contributed by atoms with Crippen LogP contribution in [0.1, 0.15) is 23.1 Å². The molecular weight excluding hydrogens is 380 g/mol. The molecule has 7 nitrogen and oxygen atoms in total. The summed E-state index contributed by atoms with van der Waals surface area (Å²) < 4.78 is 7.49. The molecular formula is C23H22N4O3. The van der Waals surface area contributed by atoms with Gasteiger partial charge in [0.05, 0.1) is 41.7 Å². The minimum absolute atomic E-state index is 0.219. The number of carboxylic acid groups (broad SMARTS) is 1. The van der Waals surface area contributed by atoms with E-state index in [2.05, 4.69) is 16.0 Å². The van der Waals surface area contributed by atoms with E-state index in [1.54, 1.807) is 6.07 Å². The van der Waals surface area contributed by atoms with Gasteiger partial charge in [-0.3, -0.25) is 9.55 Å². The van der Waals surface area contributed by atoms with Crippen LogP contribution < -0.4 is 4.90 Å². The molecule has 5 rings (SSSR count). The number of benzene rings is 2. The SMILES string of the molecule is CCc1nc2c(C(=O)O)cc(N3CCOCC3)cc2n1-c1cnc2ccccc2c1. The van der Waals surface area contributed by atoms with Crippen molar-refractivity contribution in [1.29, 1.82) is 0 Å². The average molecular weight is 402 g/mol. The Labute approximate surface area is 173 Å². The molecule has 0 amide bonds. The lowest BCUT2D eigenvalue weighted by Gasteiger charge is -2.29. The number of carbonyl (C=O) groups is 1. The maximum atomic E-state index is 12.1. The van der Waals surface area contributed by atoms with E-state index in [0.717, 1.165) is 46.7 Å². The fourth-order valence-corrected chi connectivity index (χ4v) is 4.08. The van der Waals surface area contributed by atoms with Crippen LogP contribution in [0.4, 0.5) is 5.69 Å². The van der Waals surface area contributed by atoms with Crippen molar-refractivity contribution in [3.05, 3.63) is 60.0 Å². The monoisotopic (exact) mass is 402 g/mol. The molecule has 1 aliphatic rings. The predicted octanol–water partition coefficient (Wildman–Crippen LogP) is 3.67. The van der Waals surface area contributed by atoms with Gasteiger partial charge in [-0.2, -0.15) is 0 Å². The van der Waals surface area contributed by atoms with Gasteiger partial charge in [-0.15, -0.1) is 0 Å². The van der Waals surface area contributed by atoms with Crippen LogP contribution >= 0.6 is 0 Å². The maximum absolute atomic E-state index is 12.1. The van der Waals surface area contributed by atoms with Crippen molar-refractivity contribution in [3.63, 3.8) is 0 Å². The van der Waals surface area contributed by atoms with Crippen molar-refractivity contribution < 1.29 is 14.6 Å². The Morgan fingerprint density at radius 1 is 1.13 bits per heavy atom. The van der Waals surface area contributed by atoms with Gasteiger partial charge in [0, 0.05) is 30.6 Å². The second-order valence-electron chi connectivity index (χ2n) is 7.37. The normalized spacial score (nSPS) is 14.5. The lowest BCUT2D eigenvalue weighted by molar-refractivity contribution is 0.0699. The molecule has 0 radical (unpaired) electrons. The Morgan fingerprint density at radius 2 is 1.93 bits per heavy atom. The number of hydrogen-bond acceptors (Lipinski definition) is 5. The summed E-state index contributed by atoms with van der Waals surface area (Å²) in [5, 5.41) is 10.9. The van der Waals surface area contributed by atoms with Gasteiger partial charge < -0.3 is 14.7 Å². The fraction of sp³-hybridized carbons (Fsp3) is 0.261. The van der Waals surface area contributed by atoms with Crippen LogP contribution in [0, 0.1) is 0 Å². The minimum atomic E-state index is -0.973. The molecule has 2 aromatic heterocycles. The molecule has 0 spiro atoms. The molecule has 1 N–H and O–H groups in total. The topological polar surface area (TPSA) is 80.5 Å². The standard InChI is InChI=1S/C23H22N4O3/c1-2-21-25-22-18(23(28)29)12-16(26-7-9-30-10-8-26)13-20(22)27(21)17-11-15-5-3-4-6-19(15)24-14-17/h3-6,11-14H,2,7-10H2,1H3,(H,28,29). The average Bonchev–Trinajstić information content (AvgIpc) is 3.17. The van der Waals surface area contributed by atoms with Gasteiger partial charge in [0.2, 0.25) is 0 Å². The number of carboxylic acids is 1. The zero-order valence-electron chi connectivity index (χ0n) is 16.7. The van der Waals surface area contributed by atoms with E-state index in [9.17, 15) is 9.90 Å². The highest BCUT2D eigenvalue weighted by Crippen LogP contribution is 2.31. The summed E-state index contributed by atoms with van der Waals surface area (Å²) in [5.74, 6) is -0.164. The van der Waals surface area contributed by atoms with E-state index in [0.29, 0.717) is 25.2 Å². The van der Waals surface area contributed by atoms with E-state index in [1.165, 1.54) is 0 Å². The number of aryl methyl sites for hydroxylation is 1. The highest BCUT2D eigenvalue weighted by Gasteiger charge is 2.22. The van der Waals surface area contributed by atoms with Crippen LogP contribution in [-0.4, -0.2) is 51.9 Å². The Bertz CT molecular complexity index is 1260. The Kier molecular flexibility index (Phi) is 4.59. The predicted molar refractivity (Wildman–Crippen MR) is 116 cm³/mol. The molecule has 0 bridgehead atoms. The summed E-state index contributed by atoms with van der Waals surface area (Å²) in [5.41, 5.74) is 4.18. The number of nitrogens with zero attached hydrogens (tertiary/aromatic N) is 4. The van der Waals surface area contributed by atoms with E-state index in [1.807, 2.05) is 48.0 Å². The number of para-hydroxylation sites is 1. The quantitative estimate of drug-likeness (QED) is 0.561. The molecule has 30 heavy (non-hydrogen) atoms. The highest BCUT2D eigenvalue weighted by atomic mass is 16.5. The molecule has 7 heteroatoms. The third-order valence-corrected chi connectivity index (χ3v) is 5.57. The summed E-state index contributed by atoms with van der Waals surface area (Å²) in [7, 11) is 0. The molecule has 4 aromatic rings. The molecule has 0 aliphatic carbocycles. The summed E-state index contributed by atoms with van der Waals surface area (Å²) in [6.07, 6.45) is 2.50. The van der Waals surface area contributed by atoms with Crippen LogP contribution in [0.3, 0.4) is 0 Å². The number of rotatable bonds is 4. The number of fused-ring (bicyclic) bond motifs is 2. The lowest BCUT2D eigenvalue weighted by Crippen LogP contribution is -2.36. The first-order valence-corrected chi connectivity index (χ1v) is 10.1. The van der Waals surface area contributed by atoms with Crippen LogP contribution in [0.2, 0.25) is 0 Å². The molecule has 0 unspecified atom stereocenters. The summed E-state index contributed by atoms with van der Waals surface area (Å²) >= 11 is 0. The molecule has 3 heterocycles. The zero-order valence-corrected chi connectivity index (χ0v) is 16.7. The number of aromatic nitrogens is 3. The molecule has 152 valence electrons. The van der Waals surface area contributed by atoms with Crippen molar-refractivity contribution in [2.24, 2.45) is 0 Å². The number of ether oxygens (including phenoxy) is 1. The maximum Gasteiger partial charge on any atom is 0.338 e. The van der Waals surface area contributed by atoms with Crippen molar-refractivity contribution in [3.8, 4) is 5.69 Å². The third kappa shape index (κ3) is 3.07. The Balaban J connectivity index is 1.77. The molecule has 0 atom stereocenters. The van der Waals surface area contributed by atoms with E-state index < -0.39 is 5.97 Å². The number of anilines is 1. The van der Waals surface area contributed by atoms with Crippen LogP contribution in [-0.2, 0) is 11.2 Å². The first kappa shape index (κ1) is 18.6. The molecule has 0 saturated carbocycles. The number of morpholine rings is 1. The number of hydrogen-bond donors (Lipinski definition) is 1. The van der Waals surface area contributed by atoms with E-state index >= 15 is 0 Å². The first-order valence-electron chi connectivity index (χ1n) is 10.1. The van der Waals surface area contributed by atoms with Gasteiger partial charge in [-0.1, -0.05) is 25.1 Å². The zero-order chi connectivity index (χ0) is 20.7. The van der Waals surface area contributed by atoms with Gasteiger partial charge in [0.25, 0.3) is 0 Å². The third-order valence-electron chi connectivity index (χ3n) is 5.57. The first-order chi connectivity index (χ1) is 14.7. The second kappa shape index (κ2) is 7.42. The fourth-order valence-electron chi connectivity index (χ4n) is 4.08. The number of imidazole rings is 1. The van der Waals surface area contributed by atoms with Gasteiger partial charge in [-0.05, 0) is 24.3 Å². The lowest BCUT2D eigenvalue weighted by atomic mass is 10.1. The molecule has 1 saturated heterocycles. The molecule has 1 fully saturated rings. The van der Waals surface area contributed by atoms with Crippen molar-refractivity contribution >= 4 is 33.6 Å². The van der Waals surface area contributed by atoms with E-state index in [4.69, 9.17) is 9.72 Å². The number of aromatic carboxylic acids is 1. The van der Waals surface area contributed by atoms with Crippen LogP contribution in [0.25, 0.3) is 27.6 Å². The van der Waals surface area contributed by atoms with Crippen molar-refractivity contribution in [2.45, 2.75) is 13.3 Å². The van der Waals surface area contributed by atoms with Crippen molar-refractivity contribution in [2.75, 3.05) is 31.2 Å². The Hall–Kier alpha value is -3.45. The smallest absolute Gasteiger partial charge is 0.338 e. The highest BCUT2D eigenvalue weighted by molar-refractivity contribution is 6.03. The largest absolute Gasteiger partial charge is 0.478 e. The van der Waals surface area contributed by atoms with Gasteiger partial charge in [0.15, 0.2) is 0 Å². The Morgan fingerprint density at radius 3 is 2.70 bits per heavy atom. The summed E-state index contributed by atoms with van der Waals surface area (Å²) in [6, 6.07) is 13.8. The van der Waals surface area contributed by atoms with Gasteiger partial charge in [0.1, 0.15) is 11.3 Å². The van der Waals surface area contributed by atoms with E-state index in [-0.39, 0.29) is 5.56 Å². The minimum Gasteiger partial charge on any atom is -0.478 e. The molecule has 1 aliphatic heterocycles. The van der Waals surface area contributed by atoms with Gasteiger partial charge >= 0.3 is 5.97 Å². The summed E-state index contributed by atoms with van der Waals surface area (Å²) in [6.45, 7) is 4.76. The summed E-state index contributed by atoms with van der Waals surface area (Å²) in [4.78, 5) is 23.5. The van der Waals surface area contributed by atoms with Gasteiger partial charge in [-0.25, -0.2) is 9.78 Å². The van der Waals surface area contributed by atoms with Crippen LogP contribution in [0.5, 0.6) is 0 Å². The van der Waals surface area contributed by atoms with Crippen LogP contribution in [0.15, 0.2) is 48.7 Å². The number of pyridine rings is 1. The molecule has 2 aromatic carbocycles. The second-order valence-corrected chi connectivity index (χ2v) is 7.37.